The second-order valence-electron chi connectivity index (χ2n) is 6.77. The lowest BCUT2D eigenvalue weighted by atomic mass is 10.1. The second kappa shape index (κ2) is 8.27. The Hall–Kier alpha value is -2.46. The van der Waals surface area contributed by atoms with Gasteiger partial charge in [0, 0.05) is 39.3 Å². The molecule has 0 spiro atoms. The standard InChI is InChI=1S/C18H24FN5O3S/c1-23(2)18-11-17(20-12-21-18)22-13-6-8-24(9-7-13)28(25,26)14-4-5-16(27-3)15(19)10-14/h4-5,10-13H,6-9H2,1-3H3,(H,20,21,22). The molecule has 0 unspecified atom stereocenters. The van der Waals surface area contributed by atoms with E-state index in [2.05, 4.69) is 15.3 Å². The SMILES string of the molecule is COc1ccc(S(=O)(=O)N2CCC(Nc3cc(N(C)C)ncn3)CC2)cc1F. The van der Waals surface area contributed by atoms with Gasteiger partial charge in [0.1, 0.15) is 18.0 Å². The van der Waals surface area contributed by atoms with E-state index in [4.69, 9.17) is 4.74 Å². The van der Waals surface area contributed by atoms with Crippen molar-refractivity contribution in [2.75, 3.05) is 44.5 Å². The molecule has 0 radical (unpaired) electrons. The highest BCUT2D eigenvalue weighted by atomic mass is 32.2. The molecule has 8 nitrogen and oxygen atoms in total. The Morgan fingerprint density at radius 1 is 1.21 bits per heavy atom. The highest BCUT2D eigenvalue weighted by Gasteiger charge is 2.30. The van der Waals surface area contributed by atoms with Crippen molar-refractivity contribution in [2.45, 2.75) is 23.8 Å². The Kier molecular flexibility index (Phi) is 5.99. The van der Waals surface area contributed by atoms with E-state index in [-0.39, 0.29) is 16.7 Å². The highest BCUT2D eigenvalue weighted by molar-refractivity contribution is 7.89. The number of hydrogen-bond donors (Lipinski definition) is 1. The van der Waals surface area contributed by atoms with Crippen molar-refractivity contribution in [3.63, 3.8) is 0 Å². The second-order valence-corrected chi connectivity index (χ2v) is 8.71. The number of nitrogens with one attached hydrogen (secondary N) is 1. The van der Waals surface area contributed by atoms with Crippen LogP contribution >= 0.6 is 0 Å². The van der Waals surface area contributed by atoms with Gasteiger partial charge in [0.2, 0.25) is 10.0 Å². The molecule has 2 aromatic rings. The molecule has 0 amide bonds. The summed E-state index contributed by atoms with van der Waals surface area (Å²) < 4.78 is 45.7. The number of sulfonamides is 1. The smallest absolute Gasteiger partial charge is 0.243 e. The third-order valence-corrected chi connectivity index (χ3v) is 6.57. The van der Waals surface area contributed by atoms with Crippen LogP contribution in [0.25, 0.3) is 0 Å². The maximum Gasteiger partial charge on any atom is 0.243 e. The number of anilines is 2. The number of hydrogen-bond acceptors (Lipinski definition) is 7. The zero-order chi connectivity index (χ0) is 20.3. The van der Waals surface area contributed by atoms with Crippen molar-refractivity contribution in [3.05, 3.63) is 36.4 Å². The molecule has 28 heavy (non-hydrogen) atoms. The number of aromatic nitrogens is 2. The Morgan fingerprint density at radius 3 is 2.54 bits per heavy atom. The summed E-state index contributed by atoms with van der Waals surface area (Å²) in [6.45, 7) is 0.693. The summed E-state index contributed by atoms with van der Waals surface area (Å²) >= 11 is 0. The number of halogens is 1. The zero-order valence-corrected chi connectivity index (χ0v) is 16.9. The van der Waals surface area contributed by atoms with Gasteiger partial charge in [-0.25, -0.2) is 22.8 Å². The quantitative estimate of drug-likeness (QED) is 0.780. The fraction of sp³-hybridized carbons (Fsp3) is 0.444. The minimum atomic E-state index is -3.75. The van der Waals surface area contributed by atoms with Crippen molar-refractivity contribution in [3.8, 4) is 5.75 Å². The Bertz CT molecular complexity index is 931. The zero-order valence-electron chi connectivity index (χ0n) is 16.1. The summed E-state index contributed by atoms with van der Waals surface area (Å²) in [5.41, 5.74) is 0. The first-order valence-electron chi connectivity index (χ1n) is 8.91. The van der Waals surface area contributed by atoms with Crippen LogP contribution in [0.1, 0.15) is 12.8 Å². The lowest BCUT2D eigenvalue weighted by Crippen LogP contribution is -2.42. The average Bonchev–Trinajstić information content (AvgIpc) is 2.68. The number of methoxy groups -OCH3 is 1. The predicted octanol–water partition coefficient (Wildman–Crippen LogP) is 1.96. The van der Waals surface area contributed by atoms with Gasteiger partial charge < -0.3 is 15.0 Å². The predicted molar refractivity (Wildman–Crippen MR) is 105 cm³/mol. The molecule has 1 N–H and O–H groups in total. The van der Waals surface area contributed by atoms with E-state index in [9.17, 15) is 12.8 Å². The first kappa shape index (κ1) is 20.3. The van der Waals surface area contributed by atoms with Crippen LogP contribution in [0.5, 0.6) is 5.75 Å². The largest absolute Gasteiger partial charge is 0.494 e. The molecule has 3 rings (SSSR count). The normalized spacial score (nSPS) is 16.0. The van der Waals surface area contributed by atoms with Crippen LogP contribution in [0.3, 0.4) is 0 Å². The maximum atomic E-state index is 13.9. The van der Waals surface area contributed by atoms with Gasteiger partial charge in [0.15, 0.2) is 11.6 Å². The van der Waals surface area contributed by atoms with Crippen LogP contribution in [-0.2, 0) is 10.0 Å². The summed E-state index contributed by atoms with van der Waals surface area (Å²) in [7, 11) is 1.39. The fourth-order valence-electron chi connectivity index (χ4n) is 3.08. The number of rotatable bonds is 6. The first-order valence-corrected chi connectivity index (χ1v) is 10.3. The third-order valence-electron chi connectivity index (χ3n) is 4.68. The van der Waals surface area contributed by atoms with Gasteiger partial charge in [-0.2, -0.15) is 4.31 Å². The summed E-state index contributed by atoms with van der Waals surface area (Å²) in [6, 6.07) is 5.65. The van der Waals surface area contributed by atoms with Crippen LogP contribution in [0.15, 0.2) is 35.5 Å². The molecule has 152 valence electrons. The molecule has 1 aliphatic heterocycles. The van der Waals surface area contributed by atoms with Crippen molar-refractivity contribution >= 4 is 21.7 Å². The topological polar surface area (TPSA) is 87.7 Å². The van der Waals surface area contributed by atoms with Crippen molar-refractivity contribution in [2.24, 2.45) is 0 Å². The Labute approximate surface area is 164 Å². The minimum Gasteiger partial charge on any atom is -0.494 e. The molecule has 1 aromatic heterocycles. The van der Waals surface area contributed by atoms with Crippen LogP contribution < -0.4 is 15.0 Å². The van der Waals surface area contributed by atoms with Gasteiger partial charge in [-0.3, -0.25) is 0 Å². The third kappa shape index (κ3) is 4.33. The molecule has 2 heterocycles. The number of ether oxygens (including phenoxy) is 1. The molecule has 0 aliphatic carbocycles. The molecule has 10 heteroatoms. The van der Waals surface area contributed by atoms with Crippen LogP contribution in [-0.4, -0.2) is 63.0 Å². The minimum absolute atomic E-state index is 0.0174. The van der Waals surface area contributed by atoms with Gasteiger partial charge >= 0.3 is 0 Å². The van der Waals surface area contributed by atoms with E-state index in [0.29, 0.717) is 31.7 Å². The molecule has 1 saturated heterocycles. The van der Waals surface area contributed by atoms with E-state index in [0.717, 1.165) is 11.9 Å². The summed E-state index contributed by atoms with van der Waals surface area (Å²) in [5, 5.41) is 3.34. The molecular formula is C18H24FN5O3S. The Morgan fingerprint density at radius 2 is 1.93 bits per heavy atom. The molecule has 1 fully saturated rings. The molecule has 0 bridgehead atoms. The van der Waals surface area contributed by atoms with Gasteiger partial charge in [-0.1, -0.05) is 0 Å². The molecule has 0 atom stereocenters. The van der Waals surface area contributed by atoms with Crippen molar-refractivity contribution < 1.29 is 17.5 Å². The van der Waals surface area contributed by atoms with Gasteiger partial charge in [0.25, 0.3) is 0 Å². The van der Waals surface area contributed by atoms with Gasteiger partial charge in [0.05, 0.1) is 12.0 Å². The Balaban J connectivity index is 1.64. The lowest BCUT2D eigenvalue weighted by molar-refractivity contribution is 0.329. The highest BCUT2D eigenvalue weighted by Crippen LogP contribution is 2.26. The van der Waals surface area contributed by atoms with Crippen LogP contribution in [0.2, 0.25) is 0 Å². The van der Waals surface area contributed by atoms with E-state index >= 15 is 0 Å². The summed E-state index contributed by atoms with van der Waals surface area (Å²) in [5.74, 6) is 0.820. The van der Waals surface area contributed by atoms with Crippen LogP contribution in [0, 0.1) is 5.82 Å². The van der Waals surface area contributed by atoms with E-state index in [1.54, 1.807) is 0 Å². The van der Waals surface area contributed by atoms with Crippen molar-refractivity contribution in [1.82, 2.24) is 14.3 Å². The summed E-state index contributed by atoms with van der Waals surface area (Å²) in [4.78, 5) is 10.2. The number of piperidine rings is 1. The number of nitrogens with zero attached hydrogens (tertiary/aromatic N) is 4. The molecule has 1 aliphatic rings. The molecule has 1 aromatic carbocycles. The lowest BCUT2D eigenvalue weighted by Gasteiger charge is -2.32. The average molecular weight is 409 g/mol. The van der Waals surface area contributed by atoms with Gasteiger partial charge in [-0.05, 0) is 31.0 Å². The van der Waals surface area contributed by atoms with Crippen molar-refractivity contribution in [1.29, 1.82) is 0 Å². The number of benzene rings is 1. The monoisotopic (exact) mass is 409 g/mol. The summed E-state index contributed by atoms with van der Waals surface area (Å²) in [6.07, 6.45) is 2.74. The molecular weight excluding hydrogens is 385 g/mol. The van der Waals surface area contributed by atoms with Gasteiger partial charge in [-0.15, -0.1) is 0 Å². The fourth-order valence-corrected chi connectivity index (χ4v) is 4.56. The van der Waals surface area contributed by atoms with E-state index in [1.165, 1.54) is 29.9 Å². The van der Waals surface area contributed by atoms with Crippen LogP contribution in [0.4, 0.5) is 16.0 Å². The van der Waals surface area contributed by atoms with E-state index in [1.807, 2.05) is 25.1 Å². The molecule has 0 saturated carbocycles. The van der Waals surface area contributed by atoms with E-state index < -0.39 is 15.8 Å². The maximum absolute atomic E-state index is 13.9. The first-order chi connectivity index (χ1) is 13.3.